The molecule has 0 aliphatic rings. The number of hydrogen-bond donors (Lipinski definition) is 4. The summed E-state index contributed by atoms with van der Waals surface area (Å²) in [5.41, 5.74) is 0. The minimum atomic E-state index is -0.959. The molecule has 0 spiro atoms. The van der Waals surface area contributed by atoms with Gasteiger partial charge in [0.05, 0.1) is 31.3 Å². The second-order valence-corrected chi connectivity index (χ2v) is 19.2. The molecule has 0 aromatic rings. The van der Waals surface area contributed by atoms with E-state index in [0.29, 0.717) is 6.42 Å². The molecule has 0 aromatic carbocycles. The highest BCUT2D eigenvalue weighted by atomic mass is 16.3. The van der Waals surface area contributed by atoms with Gasteiger partial charge in [0.15, 0.2) is 0 Å². The molecule has 3 atom stereocenters. The average molecular weight is 873 g/mol. The van der Waals surface area contributed by atoms with Gasteiger partial charge in [0.1, 0.15) is 0 Å². The molecule has 3 unspecified atom stereocenters. The second kappa shape index (κ2) is 52.2. The molecule has 0 saturated heterocycles. The van der Waals surface area contributed by atoms with Gasteiger partial charge in [-0.1, -0.05) is 281 Å². The van der Waals surface area contributed by atoms with Gasteiger partial charge in [-0.2, -0.15) is 0 Å². The van der Waals surface area contributed by atoms with Crippen LogP contribution in [-0.2, 0) is 4.79 Å². The van der Waals surface area contributed by atoms with E-state index in [4.69, 9.17) is 0 Å². The van der Waals surface area contributed by atoms with E-state index >= 15 is 0 Å². The first-order valence-electron chi connectivity index (χ1n) is 27.8. The van der Waals surface area contributed by atoms with Gasteiger partial charge in [-0.15, -0.1) is 0 Å². The van der Waals surface area contributed by atoms with Crippen molar-refractivity contribution in [1.29, 1.82) is 0 Å². The van der Waals surface area contributed by atoms with Crippen molar-refractivity contribution in [2.45, 2.75) is 315 Å². The summed E-state index contributed by atoms with van der Waals surface area (Å²) in [5.74, 6) is -0.325. The maximum absolute atomic E-state index is 12.5. The Hall–Kier alpha value is -1.43. The smallest absolute Gasteiger partial charge is 0.222 e. The predicted octanol–water partition coefficient (Wildman–Crippen LogP) is 17.1. The number of amides is 1. The fourth-order valence-electron chi connectivity index (χ4n) is 8.67. The van der Waals surface area contributed by atoms with E-state index in [1.54, 1.807) is 6.08 Å². The fourth-order valence-corrected chi connectivity index (χ4v) is 8.67. The topological polar surface area (TPSA) is 89.8 Å². The monoisotopic (exact) mass is 872 g/mol. The lowest BCUT2D eigenvalue weighted by molar-refractivity contribution is -0.124. The number of carbonyl (C=O) groups is 1. The number of unbranched alkanes of at least 4 members (excludes halogenated alkanes) is 38. The standard InChI is InChI=1S/C57H109NO4/c1-3-5-7-9-11-13-15-17-19-21-22-23-24-25-26-27-28-29-30-31-32-33-35-36-38-40-42-44-46-48-50-54(60)52-57(62)58-55(53-59)56(61)51-49-47-45-43-41-39-37-34-20-18-16-14-12-10-8-6-4-2/h20,34,41,43,49,51,54-56,59-61H,3-19,21-33,35-40,42,44-48,50,52-53H2,1-2H3,(H,58,62)/b34-20+,43-41+,51-49+. The van der Waals surface area contributed by atoms with Crippen molar-refractivity contribution in [2.24, 2.45) is 0 Å². The Morgan fingerprint density at radius 3 is 1.03 bits per heavy atom. The van der Waals surface area contributed by atoms with Crippen LogP contribution in [0.4, 0.5) is 0 Å². The summed E-state index contributed by atoms with van der Waals surface area (Å²) in [6.45, 7) is 4.22. The Morgan fingerprint density at radius 1 is 0.403 bits per heavy atom. The molecular formula is C57H109NO4. The first-order valence-corrected chi connectivity index (χ1v) is 27.8. The number of rotatable bonds is 51. The molecule has 4 N–H and O–H groups in total. The minimum Gasteiger partial charge on any atom is -0.394 e. The Labute approximate surface area is 387 Å². The van der Waals surface area contributed by atoms with Gasteiger partial charge >= 0.3 is 0 Å². The van der Waals surface area contributed by atoms with Gasteiger partial charge in [0, 0.05) is 0 Å². The van der Waals surface area contributed by atoms with Crippen LogP contribution in [0, 0.1) is 0 Å². The quantitative estimate of drug-likeness (QED) is 0.0362. The number of nitrogens with one attached hydrogen (secondary N) is 1. The van der Waals surface area contributed by atoms with Gasteiger partial charge < -0.3 is 20.6 Å². The summed E-state index contributed by atoms with van der Waals surface area (Å²) in [5, 5.41) is 33.4. The lowest BCUT2D eigenvalue weighted by Crippen LogP contribution is -2.45. The third-order valence-electron chi connectivity index (χ3n) is 12.9. The maximum Gasteiger partial charge on any atom is 0.222 e. The highest BCUT2D eigenvalue weighted by molar-refractivity contribution is 5.76. The van der Waals surface area contributed by atoms with Crippen molar-refractivity contribution >= 4 is 5.91 Å². The van der Waals surface area contributed by atoms with Crippen LogP contribution in [0.3, 0.4) is 0 Å². The van der Waals surface area contributed by atoms with Gasteiger partial charge in [0.2, 0.25) is 5.91 Å². The molecule has 5 heteroatoms. The van der Waals surface area contributed by atoms with Crippen molar-refractivity contribution in [3.8, 4) is 0 Å². The largest absolute Gasteiger partial charge is 0.394 e. The van der Waals surface area contributed by atoms with Gasteiger partial charge in [0.25, 0.3) is 0 Å². The van der Waals surface area contributed by atoms with Crippen LogP contribution in [0.25, 0.3) is 0 Å². The number of aliphatic hydroxyl groups is 3. The summed E-state index contributed by atoms with van der Waals surface area (Å²) < 4.78 is 0. The summed E-state index contributed by atoms with van der Waals surface area (Å²) in [4.78, 5) is 12.5. The molecule has 0 saturated carbocycles. The lowest BCUT2D eigenvalue weighted by atomic mass is 10.0. The summed E-state index contributed by atoms with van der Waals surface area (Å²) in [6, 6.07) is -0.766. The Balaban J connectivity index is 3.55. The van der Waals surface area contributed by atoms with Crippen molar-refractivity contribution < 1.29 is 20.1 Å². The van der Waals surface area contributed by atoms with Crippen molar-refractivity contribution in [3.05, 3.63) is 36.5 Å². The van der Waals surface area contributed by atoms with Crippen LogP contribution < -0.4 is 5.32 Å². The van der Waals surface area contributed by atoms with E-state index in [-0.39, 0.29) is 18.9 Å². The molecule has 0 aliphatic carbocycles. The molecule has 0 fully saturated rings. The molecule has 0 aromatic heterocycles. The molecule has 1 amide bonds. The minimum absolute atomic E-state index is 0.00556. The van der Waals surface area contributed by atoms with Crippen LogP contribution in [0.15, 0.2) is 36.5 Å². The molecule has 62 heavy (non-hydrogen) atoms. The molecule has 0 rings (SSSR count). The summed E-state index contributed by atoms with van der Waals surface area (Å²) >= 11 is 0. The summed E-state index contributed by atoms with van der Waals surface area (Å²) in [6.07, 6.45) is 67.7. The number of allylic oxidation sites excluding steroid dienone is 5. The van der Waals surface area contributed by atoms with Crippen molar-refractivity contribution in [2.75, 3.05) is 6.61 Å². The molecule has 0 aliphatic heterocycles. The highest BCUT2D eigenvalue weighted by Crippen LogP contribution is 2.17. The highest BCUT2D eigenvalue weighted by Gasteiger charge is 2.20. The van der Waals surface area contributed by atoms with E-state index in [2.05, 4.69) is 43.5 Å². The van der Waals surface area contributed by atoms with E-state index in [1.165, 1.54) is 231 Å². The average Bonchev–Trinajstić information content (AvgIpc) is 3.27. The number of hydrogen-bond acceptors (Lipinski definition) is 4. The van der Waals surface area contributed by atoms with Crippen molar-refractivity contribution in [3.63, 3.8) is 0 Å². The zero-order chi connectivity index (χ0) is 45.1. The molecule has 0 radical (unpaired) electrons. The van der Waals surface area contributed by atoms with Crippen molar-refractivity contribution in [1.82, 2.24) is 5.32 Å². The zero-order valence-corrected chi connectivity index (χ0v) is 41.8. The SMILES string of the molecule is CCCCCCCCC/C=C/CC/C=C/CC/C=C/C(O)C(CO)NC(=O)CC(O)CCCCCCCCCCCCCCCCCCCCCCCCCCCCCCCC. The lowest BCUT2D eigenvalue weighted by Gasteiger charge is -2.21. The van der Waals surface area contributed by atoms with Crippen LogP contribution in [-0.4, -0.2) is 46.1 Å². The molecule has 0 bridgehead atoms. The van der Waals surface area contributed by atoms with Gasteiger partial charge in [-0.25, -0.2) is 0 Å². The van der Waals surface area contributed by atoms with E-state index in [1.807, 2.05) is 6.08 Å². The zero-order valence-electron chi connectivity index (χ0n) is 41.8. The second-order valence-electron chi connectivity index (χ2n) is 19.2. The van der Waals surface area contributed by atoms with E-state index < -0.39 is 18.2 Å². The first kappa shape index (κ1) is 60.6. The van der Waals surface area contributed by atoms with Gasteiger partial charge in [-0.3, -0.25) is 4.79 Å². The third-order valence-corrected chi connectivity index (χ3v) is 12.9. The third kappa shape index (κ3) is 48.0. The Bertz CT molecular complexity index is 962. The maximum atomic E-state index is 12.5. The molecular weight excluding hydrogens is 763 g/mol. The van der Waals surface area contributed by atoms with Crippen LogP contribution in [0.2, 0.25) is 0 Å². The van der Waals surface area contributed by atoms with Crippen LogP contribution in [0.1, 0.15) is 296 Å². The van der Waals surface area contributed by atoms with Crippen LogP contribution >= 0.6 is 0 Å². The van der Waals surface area contributed by atoms with Gasteiger partial charge in [-0.05, 0) is 44.9 Å². The van der Waals surface area contributed by atoms with E-state index in [9.17, 15) is 20.1 Å². The number of carbonyl (C=O) groups excluding carboxylic acids is 1. The van der Waals surface area contributed by atoms with Crippen LogP contribution in [0.5, 0.6) is 0 Å². The first-order chi connectivity index (χ1) is 30.5. The normalized spacial score (nSPS) is 13.6. The Kier molecular flexibility index (Phi) is 51.0. The number of aliphatic hydroxyl groups excluding tert-OH is 3. The molecule has 0 heterocycles. The molecule has 5 nitrogen and oxygen atoms in total. The predicted molar refractivity (Wildman–Crippen MR) is 273 cm³/mol. The summed E-state index contributed by atoms with van der Waals surface area (Å²) in [7, 11) is 0. The Morgan fingerprint density at radius 2 is 0.694 bits per heavy atom. The fraction of sp³-hybridized carbons (Fsp3) is 0.877. The molecule has 366 valence electrons. The van der Waals surface area contributed by atoms with E-state index in [0.717, 1.165) is 38.5 Å².